The Kier molecular flexibility index (Phi) is 6.12. The van der Waals surface area contributed by atoms with Gasteiger partial charge in [-0.2, -0.15) is 0 Å². The average Bonchev–Trinajstić information content (AvgIpc) is 2.08. The first-order valence-electron chi connectivity index (χ1n) is 6.18. The fraction of sp³-hybridized carbons (Fsp3) is 0.769. The highest BCUT2D eigenvalue weighted by atomic mass is 16.6. The zero-order valence-corrected chi connectivity index (χ0v) is 12.6. The quantitative estimate of drug-likeness (QED) is 0.826. The summed E-state index contributed by atoms with van der Waals surface area (Å²) < 4.78 is 10.1. The summed E-state index contributed by atoms with van der Waals surface area (Å²) >= 11 is 0. The van der Waals surface area contributed by atoms with Crippen molar-refractivity contribution in [3.63, 3.8) is 0 Å². The number of ether oxygens (including phenoxy) is 2. The number of carbonyl (C=O) groups is 2. The number of hydrogen-bond acceptors (Lipinski definition) is 4. The average molecular weight is 273 g/mol. The van der Waals surface area contributed by atoms with Gasteiger partial charge in [-0.05, 0) is 48.5 Å². The van der Waals surface area contributed by atoms with Crippen LogP contribution in [0, 0.1) is 6.92 Å². The number of amides is 2. The van der Waals surface area contributed by atoms with Crippen LogP contribution in [-0.2, 0) is 9.47 Å². The zero-order valence-electron chi connectivity index (χ0n) is 12.6. The topological polar surface area (TPSA) is 76.7 Å². The lowest BCUT2D eigenvalue weighted by molar-refractivity contribution is 0.0474. The Balaban J connectivity index is 3.96. The Morgan fingerprint density at radius 1 is 1.00 bits per heavy atom. The van der Waals surface area contributed by atoms with E-state index in [-0.39, 0.29) is 6.54 Å². The van der Waals surface area contributed by atoms with Crippen LogP contribution in [0.25, 0.3) is 0 Å². The molecule has 6 nitrogen and oxygen atoms in total. The van der Waals surface area contributed by atoms with Crippen LogP contribution in [0.5, 0.6) is 0 Å². The van der Waals surface area contributed by atoms with Gasteiger partial charge in [0.2, 0.25) is 0 Å². The molecule has 0 aliphatic heterocycles. The van der Waals surface area contributed by atoms with E-state index < -0.39 is 29.4 Å². The summed E-state index contributed by atoms with van der Waals surface area (Å²) in [6, 6.07) is -0.498. The van der Waals surface area contributed by atoms with Crippen molar-refractivity contribution in [1.82, 2.24) is 10.6 Å². The van der Waals surface area contributed by atoms with Gasteiger partial charge in [-0.15, -0.1) is 0 Å². The van der Waals surface area contributed by atoms with E-state index in [2.05, 4.69) is 17.6 Å². The Bertz CT molecular complexity index is 316. The molecule has 0 spiro atoms. The minimum atomic E-state index is -0.571. The summed E-state index contributed by atoms with van der Waals surface area (Å²) in [5.74, 6) is 0. The predicted molar refractivity (Wildman–Crippen MR) is 72.8 cm³/mol. The fourth-order valence-corrected chi connectivity index (χ4v) is 1.05. The van der Waals surface area contributed by atoms with E-state index in [0.717, 1.165) is 0 Å². The van der Waals surface area contributed by atoms with Crippen molar-refractivity contribution in [2.24, 2.45) is 0 Å². The number of alkyl carbamates (subject to hydrolysis) is 2. The molecule has 6 heteroatoms. The zero-order chi connectivity index (χ0) is 15.3. The second-order valence-corrected chi connectivity index (χ2v) is 6.23. The molecule has 0 aromatic carbocycles. The van der Waals surface area contributed by atoms with Gasteiger partial charge >= 0.3 is 12.2 Å². The van der Waals surface area contributed by atoms with Gasteiger partial charge in [0, 0.05) is 12.6 Å². The van der Waals surface area contributed by atoms with E-state index in [0.29, 0.717) is 0 Å². The highest BCUT2D eigenvalue weighted by Crippen LogP contribution is 2.07. The molecule has 0 aromatic rings. The molecule has 0 rings (SSSR count). The van der Waals surface area contributed by atoms with Crippen molar-refractivity contribution in [1.29, 1.82) is 0 Å². The van der Waals surface area contributed by atoms with Gasteiger partial charge in [0.15, 0.2) is 0 Å². The van der Waals surface area contributed by atoms with Gasteiger partial charge in [-0.1, -0.05) is 0 Å². The summed E-state index contributed by atoms with van der Waals surface area (Å²) in [4.78, 5) is 22.8. The summed E-state index contributed by atoms with van der Waals surface area (Å²) in [6.45, 7) is 14.5. The Hall–Kier alpha value is -1.46. The van der Waals surface area contributed by atoms with E-state index in [1.54, 1.807) is 41.5 Å². The lowest BCUT2D eigenvalue weighted by Gasteiger charge is -2.23. The van der Waals surface area contributed by atoms with E-state index in [9.17, 15) is 9.59 Å². The van der Waals surface area contributed by atoms with Crippen LogP contribution < -0.4 is 10.6 Å². The van der Waals surface area contributed by atoms with Crippen molar-refractivity contribution in [2.75, 3.05) is 6.54 Å². The Morgan fingerprint density at radius 3 is 1.84 bits per heavy atom. The summed E-state index contributed by atoms with van der Waals surface area (Å²) in [6.07, 6.45) is -1.12. The smallest absolute Gasteiger partial charge is 0.407 e. The number of hydrogen-bond donors (Lipinski definition) is 2. The highest BCUT2D eigenvalue weighted by Gasteiger charge is 2.19. The van der Waals surface area contributed by atoms with E-state index in [1.165, 1.54) is 0 Å². The molecule has 0 fully saturated rings. The standard InChI is InChI=1S/C13H25N2O4/c1-9(15-11(17)19-13(5,6)7)8-14-10(16)18-12(2,3)4/h9H,1,8H2,2-7H3,(H,14,16)(H,15,17)/t9-/m0/s1. The van der Waals surface area contributed by atoms with Crippen molar-refractivity contribution in [3.8, 4) is 0 Å². The van der Waals surface area contributed by atoms with Gasteiger partial charge < -0.3 is 20.1 Å². The normalized spacial score (nSPS) is 13.4. The van der Waals surface area contributed by atoms with Crippen molar-refractivity contribution >= 4 is 12.2 Å². The molecule has 111 valence electrons. The lowest BCUT2D eigenvalue weighted by Crippen LogP contribution is -2.45. The van der Waals surface area contributed by atoms with Crippen molar-refractivity contribution in [3.05, 3.63) is 6.92 Å². The largest absolute Gasteiger partial charge is 0.444 e. The fourth-order valence-electron chi connectivity index (χ4n) is 1.05. The van der Waals surface area contributed by atoms with Gasteiger partial charge in [0.05, 0.1) is 0 Å². The molecule has 0 unspecified atom stereocenters. The SMILES string of the molecule is [CH2][C@@H](CNC(=O)OC(C)(C)C)NC(=O)OC(C)(C)C. The Morgan fingerprint density at radius 2 is 1.42 bits per heavy atom. The molecule has 1 atom stereocenters. The van der Waals surface area contributed by atoms with E-state index in [4.69, 9.17) is 9.47 Å². The van der Waals surface area contributed by atoms with Gasteiger partial charge in [0.25, 0.3) is 0 Å². The van der Waals surface area contributed by atoms with Crippen LogP contribution in [0.1, 0.15) is 41.5 Å². The third-order valence-corrected chi connectivity index (χ3v) is 1.61. The second kappa shape index (κ2) is 6.63. The minimum absolute atomic E-state index is 0.161. The number of carbonyl (C=O) groups excluding carboxylic acids is 2. The first-order valence-corrected chi connectivity index (χ1v) is 6.18. The first-order chi connectivity index (χ1) is 8.39. The number of rotatable bonds is 3. The molecule has 0 saturated carbocycles. The maximum absolute atomic E-state index is 11.4. The van der Waals surface area contributed by atoms with E-state index >= 15 is 0 Å². The molecule has 2 N–H and O–H groups in total. The monoisotopic (exact) mass is 273 g/mol. The molecule has 0 aliphatic carbocycles. The summed E-state index contributed by atoms with van der Waals surface area (Å²) in [5.41, 5.74) is -1.12. The van der Waals surface area contributed by atoms with E-state index in [1.807, 2.05) is 0 Å². The van der Waals surface area contributed by atoms with Gasteiger partial charge in [0.1, 0.15) is 11.2 Å². The molecule has 0 aromatic heterocycles. The summed E-state index contributed by atoms with van der Waals surface area (Å²) in [5, 5.41) is 5.03. The predicted octanol–water partition coefficient (Wildman–Crippen LogP) is 2.24. The highest BCUT2D eigenvalue weighted by molar-refractivity contribution is 5.69. The van der Waals surface area contributed by atoms with Crippen LogP contribution >= 0.6 is 0 Å². The van der Waals surface area contributed by atoms with Crippen LogP contribution in [0.3, 0.4) is 0 Å². The molecule has 19 heavy (non-hydrogen) atoms. The molecule has 0 heterocycles. The van der Waals surface area contributed by atoms with Crippen LogP contribution in [0.4, 0.5) is 9.59 Å². The van der Waals surface area contributed by atoms with Crippen LogP contribution in [0.2, 0.25) is 0 Å². The van der Waals surface area contributed by atoms with Crippen molar-refractivity contribution < 1.29 is 19.1 Å². The van der Waals surface area contributed by atoms with Crippen molar-refractivity contribution in [2.45, 2.75) is 58.8 Å². The summed E-state index contributed by atoms with van der Waals surface area (Å²) in [7, 11) is 0. The van der Waals surface area contributed by atoms with Crippen LogP contribution in [0.15, 0.2) is 0 Å². The third kappa shape index (κ3) is 11.4. The maximum Gasteiger partial charge on any atom is 0.407 e. The molecular formula is C13H25N2O4. The number of nitrogens with one attached hydrogen (secondary N) is 2. The molecule has 0 saturated heterocycles. The molecular weight excluding hydrogens is 248 g/mol. The second-order valence-electron chi connectivity index (χ2n) is 6.23. The third-order valence-electron chi connectivity index (χ3n) is 1.61. The van der Waals surface area contributed by atoms with Gasteiger partial charge in [-0.3, -0.25) is 0 Å². The molecule has 1 radical (unpaired) electrons. The molecule has 0 aliphatic rings. The van der Waals surface area contributed by atoms with Crippen LogP contribution in [-0.4, -0.2) is 36.0 Å². The lowest BCUT2D eigenvalue weighted by atomic mass is 10.2. The Labute approximate surface area is 115 Å². The maximum atomic E-state index is 11.4. The minimum Gasteiger partial charge on any atom is -0.444 e. The van der Waals surface area contributed by atoms with Gasteiger partial charge in [-0.25, -0.2) is 9.59 Å². The molecule has 0 bridgehead atoms. The molecule has 2 amide bonds. The first kappa shape index (κ1) is 17.5.